The fourth-order valence-electron chi connectivity index (χ4n) is 3.97. The van der Waals surface area contributed by atoms with Crippen LogP contribution in [0.1, 0.15) is 30.0 Å². The number of rotatable bonds is 4. The average molecular weight is 379 g/mol. The van der Waals surface area contributed by atoms with Gasteiger partial charge in [-0.05, 0) is 59.7 Å². The van der Waals surface area contributed by atoms with Crippen molar-refractivity contribution in [2.75, 3.05) is 0 Å². The fourth-order valence-corrected chi connectivity index (χ4v) is 3.97. The van der Waals surface area contributed by atoms with Gasteiger partial charge in [-0.15, -0.1) is 6.58 Å². The Morgan fingerprint density at radius 1 is 1.00 bits per heavy atom. The first-order chi connectivity index (χ1) is 13.4. The molecule has 0 saturated heterocycles. The lowest BCUT2D eigenvalue weighted by atomic mass is 9.79. The highest BCUT2D eigenvalue weighted by Gasteiger charge is 2.58. The normalized spacial score (nSPS) is 17.9. The van der Waals surface area contributed by atoms with Gasteiger partial charge in [-0.2, -0.15) is 13.2 Å². The minimum atomic E-state index is -4.39. The fraction of sp³-hybridized carbons (Fsp3) is 0.208. The molecule has 1 atom stereocenters. The van der Waals surface area contributed by atoms with Crippen molar-refractivity contribution in [2.24, 2.45) is 0 Å². The summed E-state index contributed by atoms with van der Waals surface area (Å²) in [6, 6.07) is 15.9. The van der Waals surface area contributed by atoms with Crippen LogP contribution >= 0.6 is 0 Å². The van der Waals surface area contributed by atoms with Crippen LogP contribution in [-0.2, 0) is 11.8 Å². The molecule has 0 spiro atoms. The highest BCUT2D eigenvalue weighted by atomic mass is 19.4. The van der Waals surface area contributed by atoms with Gasteiger partial charge >= 0.3 is 6.18 Å². The number of halogens is 3. The SMILES string of the molecule is C=CCCc1ccc(-c2ccc3c(c2)C(C)(C(F)(F)F)c2ccccc2-3)nc1. The number of hydrogen-bond acceptors (Lipinski definition) is 1. The molecule has 1 nitrogen and oxygen atoms in total. The zero-order chi connectivity index (χ0) is 19.9. The van der Waals surface area contributed by atoms with Crippen LogP contribution in [0.5, 0.6) is 0 Å². The van der Waals surface area contributed by atoms with E-state index in [1.165, 1.54) is 6.92 Å². The lowest BCUT2D eigenvalue weighted by Gasteiger charge is -2.30. The predicted molar refractivity (Wildman–Crippen MR) is 106 cm³/mol. The van der Waals surface area contributed by atoms with Gasteiger partial charge in [0.15, 0.2) is 0 Å². The van der Waals surface area contributed by atoms with E-state index in [1.54, 1.807) is 42.6 Å². The maximum absolute atomic E-state index is 14.2. The summed E-state index contributed by atoms with van der Waals surface area (Å²) < 4.78 is 42.6. The molecule has 1 unspecified atom stereocenters. The van der Waals surface area contributed by atoms with Crippen molar-refractivity contribution in [3.8, 4) is 22.4 Å². The average Bonchev–Trinajstić information content (AvgIpc) is 2.96. The number of hydrogen-bond donors (Lipinski definition) is 0. The van der Waals surface area contributed by atoms with Gasteiger partial charge in [-0.3, -0.25) is 4.98 Å². The molecule has 4 rings (SSSR count). The third-order valence-corrected chi connectivity index (χ3v) is 5.64. The Morgan fingerprint density at radius 3 is 2.43 bits per heavy atom. The second-order valence-corrected chi connectivity index (χ2v) is 7.31. The number of allylic oxidation sites excluding steroid dienone is 1. The van der Waals surface area contributed by atoms with Crippen molar-refractivity contribution in [3.05, 3.63) is 90.1 Å². The smallest absolute Gasteiger partial charge is 0.256 e. The summed E-state index contributed by atoms with van der Waals surface area (Å²) in [4.78, 5) is 4.47. The second kappa shape index (κ2) is 6.62. The van der Waals surface area contributed by atoms with E-state index in [1.807, 2.05) is 24.3 Å². The molecule has 0 fully saturated rings. The molecule has 0 aliphatic heterocycles. The van der Waals surface area contributed by atoms with Crippen molar-refractivity contribution in [1.82, 2.24) is 4.98 Å². The number of pyridine rings is 1. The van der Waals surface area contributed by atoms with E-state index in [2.05, 4.69) is 11.6 Å². The molecule has 142 valence electrons. The van der Waals surface area contributed by atoms with Crippen LogP contribution in [0.15, 0.2) is 73.4 Å². The van der Waals surface area contributed by atoms with Crippen LogP contribution in [0.2, 0.25) is 0 Å². The number of benzene rings is 2. The first-order valence-electron chi connectivity index (χ1n) is 9.23. The number of aryl methyl sites for hydroxylation is 1. The van der Waals surface area contributed by atoms with Gasteiger partial charge in [0.25, 0.3) is 0 Å². The zero-order valence-corrected chi connectivity index (χ0v) is 15.6. The molecule has 1 aliphatic carbocycles. The quantitative estimate of drug-likeness (QED) is 0.459. The summed E-state index contributed by atoms with van der Waals surface area (Å²) in [5, 5.41) is 0. The van der Waals surface area contributed by atoms with Crippen LogP contribution in [0.25, 0.3) is 22.4 Å². The molecular formula is C24H20F3N. The topological polar surface area (TPSA) is 12.9 Å². The van der Waals surface area contributed by atoms with Gasteiger partial charge in [-0.25, -0.2) is 0 Å². The largest absolute Gasteiger partial charge is 0.402 e. The van der Waals surface area contributed by atoms with Crippen molar-refractivity contribution in [1.29, 1.82) is 0 Å². The molecule has 1 heterocycles. The third-order valence-electron chi connectivity index (χ3n) is 5.64. The Balaban J connectivity index is 1.81. The Morgan fingerprint density at radius 2 is 1.75 bits per heavy atom. The molecule has 0 N–H and O–H groups in total. The van der Waals surface area contributed by atoms with Gasteiger partial charge < -0.3 is 0 Å². The van der Waals surface area contributed by atoms with Crippen LogP contribution < -0.4 is 0 Å². The molecule has 28 heavy (non-hydrogen) atoms. The summed E-state index contributed by atoms with van der Waals surface area (Å²) >= 11 is 0. The van der Waals surface area contributed by atoms with Crippen molar-refractivity contribution in [3.63, 3.8) is 0 Å². The minimum absolute atomic E-state index is 0.288. The minimum Gasteiger partial charge on any atom is -0.256 e. The number of aromatic nitrogens is 1. The van der Waals surface area contributed by atoms with Crippen LogP contribution in [0, 0.1) is 0 Å². The molecule has 1 aliphatic rings. The molecule has 1 aromatic heterocycles. The van der Waals surface area contributed by atoms with E-state index in [9.17, 15) is 13.2 Å². The Labute approximate surface area is 162 Å². The number of nitrogens with zero attached hydrogens (tertiary/aromatic N) is 1. The van der Waals surface area contributed by atoms with E-state index in [-0.39, 0.29) is 5.56 Å². The van der Waals surface area contributed by atoms with E-state index >= 15 is 0 Å². The van der Waals surface area contributed by atoms with E-state index < -0.39 is 11.6 Å². The van der Waals surface area contributed by atoms with Gasteiger partial charge in [0, 0.05) is 11.8 Å². The highest BCUT2D eigenvalue weighted by molar-refractivity contribution is 5.83. The Hall–Kier alpha value is -2.88. The van der Waals surface area contributed by atoms with Crippen molar-refractivity contribution >= 4 is 0 Å². The van der Waals surface area contributed by atoms with Gasteiger partial charge in [-0.1, -0.05) is 48.5 Å². The van der Waals surface area contributed by atoms with Crippen LogP contribution in [0.3, 0.4) is 0 Å². The van der Waals surface area contributed by atoms with Crippen LogP contribution in [-0.4, -0.2) is 11.2 Å². The van der Waals surface area contributed by atoms with Gasteiger partial charge in [0.2, 0.25) is 0 Å². The maximum atomic E-state index is 14.2. The molecule has 2 aromatic carbocycles. The summed E-state index contributed by atoms with van der Waals surface area (Å²) in [5.41, 5.74) is 2.30. The lowest BCUT2D eigenvalue weighted by Crippen LogP contribution is -2.38. The molecule has 0 radical (unpaired) electrons. The molecular weight excluding hydrogens is 359 g/mol. The molecule has 0 amide bonds. The summed E-state index contributed by atoms with van der Waals surface area (Å²) in [5.74, 6) is 0. The lowest BCUT2D eigenvalue weighted by molar-refractivity contribution is -0.172. The van der Waals surface area contributed by atoms with E-state index in [4.69, 9.17) is 0 Å². The molecule has 0 saturated carbocycles. The second-order valence-electron chi connectivity index (χ2n) is 7.31. The summed E-state index contributed by atoms with van der Waals surface area (Å²) in [6.45, 7) is 4.98. The Bertz CT molecular complexity index is 1030. The number of fused-ring (bicyclic) bond motifs is 3. The summed E-state index contributed by atoms with van der Waals surface area (Å²) in [6.07, 6.45) is 0.952. The summed E-state index contributed by atoms with van der Waals surface area (Å²) in [7, 11) is 0. The zero-order valence-electron chi connectivity index (χ0n) is 15.6. The first kappa shape index (κ1) is 18.5. The van der Waals surface area contributed by atoms with Crippen molar-refractivity contribution in [2.45, 2.75) is 31.4 Å². The van der Waals surface area contributed by atoms with E-state index in [0.717, 1.165) is 18.4 Å². The highest BCUT2D eigenvalue weighted by Crippen LogP contribution is 2.56. The molecule has 0 bridgehead atoms. The third kappa shape index (κ3) is 2.75. The van der Waals surface area contributed by atoms with Crippen molar-refractivity contribution < 1.29 is 13.2 Å². The van der Waals surface area contributed by atoms with E-state index in [0.29, 0.717) is 27.9 Å². The first-order valence-corrected chi connectivity index (χ1v) is 9.23. The monoisotopic (exact) mass is 379 g/mol. The standard InChI is InChI=1S/C24H20F3N/c1-3-4-7-16-10-13-22(28-15-16)17-11-12-19-18-8-5-6-9-20(18)23(2,21(19)14-17)24(25,26)27/h3,5-6,8-15H,1,4,7H2,2H3. The Kier molecular flexibility index (Phi) is 4.37. The molecule has 3 aromatic rings. The van der Waals surface area contributed by atoms with Gasteiger partial charge in [0.05, 0.1) is 5.69 Å². The van der Waals surface area contributed by atoms with Crippen LogP contribution in [0.4, 0.5) is 13.2 Å². The maximum Gasteiger partial charge on any atom is 0.402 e. The number of alkyl halides is 3. The predicted octanol–water partition coefficient (Wildman–Crippen LogP) is 6.72. The molecule has 4 heteroatoms. The van der Waals surface area contributed by atoms with Gasteiger partial charge in [0.1, 0.15) is 5.41 Å².